The first-order valence-electron chi connectivity index (χ1n) is 8.46. The van der Waals surface area contributed by atoms with Gasteiger partial charge in [-0.15, -0.1) is 0 Å². The highest BCUT2D eigenvalue weighted by Crippen LogP contribution is 2.30. The standard InChI is InChI=1S/C20H21Br2N3O3/c1-20(2,3)14-6-4-12(5-7-14)19(28)23-11-17(26)25-24-10-13-8-15(21)9-16(22)18(13)27/h4-10,27H,11H2,1-3H3,(H,23,28)(H,25,26). The van der Waals surface area contributed by atoms with Crippen molar-refractivity contribution >= 4 is 49.9 Å². The molecular formula is C20H21Br2N3O3. The zero-order chi connectivity index (χ0) is 20.9. The van der Waals surface area contributed by atoms with E-state index in [4.69, 9.17) is 0 Å². The van der Waals surface area contributed by atoms with E-state index in [0.29, 0.717) is 15.6 Å². The highest BCUT2D eigenvalue weighted by atomic mass is 79.9. The monoisotopic (exact) mass is 509 g/mol. The lowest BCUT2D eigenvalue weighted by atomic mass is 9.87. The van der Waals surface area contributed by atoms with Crippen molar-refractivity contribution in [3.8, 4) is 5.75 Å². The summed E-state index contributed by atoms with van der Waals surface area (Å²) < 4.78 is 1.24. The van der Waals surface area contributed by atoms with Gasteiger partial charge >= 0.3 is 0 Å². The number of amides is 2. The van der Waals surface area contributed by atoms with Crippen molar-refractivity contribution in [2.45, 2.75) is 26.2 Å². The van der Waals surface area contributed by atoms with Gasteiger partial charge in [0, 0.05) is 15.6 Å². The van der Waals surface area contributed by atoms with E-state index < -0.39 is 5.91 Å². The van der Waals surface area contributed by atoms with Crippen LogP contribution in [-0.4, -0.2) is 29.7 Å². The topological polar surface area (TPSA) is 90.8 Å². The van der Waals surface area contributed by atoms with E-state index in [1.165, 1.54) is 6.21 Å². The molecule has 8 heteroatoms. The van der Waals surface area contributed by atoms with Gasteiger partial charge in [0.25, 0.3) is 11.8 Å². The number of rotatable bonds is 5. The third-order valence-corrected chi connectivity index (χ3v) is 4.94. The number of hydrogen-bond donors (Lipinski definition) is 3. The number of hydrazone groups is 1. The van der Waals surface area contributed by atoms with E-state index in [1.54, 1.807) is 24.3 Å². The summed E-state index contributed by atoms with van der Waals surface area (Å²) in [5.41, 5.74) is 4.34. The van der Waals surface area contributed by atoms with Gasteiger partial charge in [-0.2, -0.15) is 5.10 Å². The number of phenolic OH excluding ortho intramolecular Hbond substituents is 1. The number of phenols is 1. The molecule has 6 nitrogen and oxygen atoms in total. The Bertz CT molecular complexity index is 904. The molecule has 0 atom stereocenters. The van der Waals surface area contributed by atoms with Crippen molar-refractivity contribution in [3.05, 3.63) is 62.0 Å². The number of hydrogen-bond acceptors (Lipinski definition) is 4. The Labute approximate surface area is 180 Å². The van der Waals surface area contributed by atoms with Gasteiger partial charge in [-0.1, -0.05) is 48.8 Å². The Hall–Kier alpha value is -2.19. The molecule has 2 rings (SSSR count). The van der Waals surface area contributed by atoms with Gasteiger partial charge in [-0.05, 0) is 51.2 Å². The summed E-state index contributed by atoms with van der Waals surface area (Å²) in [4.78, 5) is 24.0. The molecule has 0 aliphatic rings. The second kappa shape index (κ2) is 9.34. The fourth-order valence-electron chi connectivity index (χ4n) is 2.28. The molecule has 0 heterocycles. The smallest absolute Gasteiger partial charge is 0.259 e. The van der Waals surface area contributed by atoms with Crippen molar-refractivity contribution in [2.75, 3.05) is 6.54 Å². The maximum Gasteiger partial charge on any atom is 0.259 e. The van der Waals surface area contributed by atoms with E-state index in [1.807, 2.05) is 12.1 Å². The number of nitrogens with one attached hydrogen (secondary N) is 2. The molecule has 2 aromatic rings. The first-order chi connectivity index (χ1) is 13.1. The van der Waals surface area contributed by atoms with Gasteiger partial charge in [-0.3, -0.25) is 9.59 Å². The minimum absolute atomic E-state index is 0.00522. The number of nitrogens with zero attached hydrogens (tertiary/aromatic N) is 1. The quantitative estimate of drug-likeness (QED) is 0.418. The Morgan fingerprint density at radius 1 is 1.14 bits per heavy atom. The Morgan fingerprint density at radius 2 is 1.79 bits per heavy atom. The normalized spacial score (nSPS) is 11.5. The van der Waals surface area contributed by atoms with Gasteiger partial charge < -0.3 is 10.4 Å². The van der Waals surface area contributed by atoms with Crippen molar-refractivity contribution in [1.82, 2.24) is 10.7 Å². The SMILES string of the molecule is CC(C)(C)c1ccc(C(=O)NCC(=O)NN=Cc2cc(Br)cc(Br)c2O)cc1. The zero-order valence-corrected chi connectivity index (χ0v) is 18.9. The van der Waals surface area contributed by atoms with Crippen molar-refractivity contribution in [1.29, 1.82) is 0 Å². The lowest BCUT2D eigenvalue weighted by molar-refractivity contribution is -0.120. The molecule has 3 N–H and O–H groups in total. The van der Waals surface area contributed by atoms with Crippen LogP contribution < -0.4 is 10.7 Å². The summed E-state index contributed by atoms with van der Waals surface area (Å²) in [6, 6.07) is 10.6. The Kier molecular flexibility index (Phi) is 7.37. The summed E-state index contributed by atoms with van der Waals surface area (Å²) in [7, 11) is 0. The van der Waals surface area contributed by atoms with E-state index >= 15 is 0 Å². The predicted molar refractivity (Wildman–Crippen MR) is 117 cm³/mol. The summed E-state index contributed by atoms with van der Waals surface area (Å²) in [6.45, 7) is 6.07. The van der Waals surface area contributed by atoms with E-state index in [0.717, 1.165) is 10.0 Å². The minimum atomic E-state index is -0.482. The number of carbonyl (C=O) groups is 2. The van der Waals surface area contributed by atoms with Crippen LogP contribution in [0.2, 0.25) is 0 Å². The number of halogens is 2. The Morgan fingerprint density at radius 3 is 2.39 bits per heavy atom. The van der Waals surface area contributed by atoms with E-state index in [2.05, 4.69) is 68.5 Å². The largest absolute Gasteiger partial charge is 0.506 e. The van der Waals surface area contributed by atoms with E-state index in [-0.39, 0.29) is 23.6 Å². The molecule has 0 spiro atoms. The van der Waals surface area contributed by atoms with Crippen LogP contribution in [-0.2, 0) is 10.2 Å². The van der Waals surface area contributed by atoms with Crippen LogP contribution in [0.4, 0.5) is 0 Å². The summed E-state index contributed by atoms with van der Waals surface area (Å²) in [6.07, 6.45) is 1.32. The number of benzene rings is 2. The molecule has 2 amide bonds. The van der Waals surface area contributed by atoms with Gasteiger partial charge in [0.1, 0.15) is 5.75 Å². The van der Waals surface area contributed by atoms with Crippen LogP contribution in [0, 0.1) is 0 Å². The molecule has 28 heavy (non-hydrogen) atoms. The maximum absolute atomic E-state index is 12.2. The molecule has 0 aliphatic carbocycles. The highest BCUT2D eigenvalue weighted by molar-refractivity contribution is 9.11. The minimum Gasteiger partial charge on any atom is -0.506 e. The van der Waals surface area contributed by atoms with Crippen LogP contribution in [0.1, 0.15) is 42.3 Å². The fourth-order valence-corrected chi connectivity index (χ4v) is 3.54. The highest BCUT2D eigenvalue weighted by Gasteiger charge is 2.14. The maximum atomic E-state index is 12.2. The van der Waals surface area contributed by atoms with Crippen LogP contribution in [0.15, 0.2) is 50.4 Å². The van der Waals surface area contributed by atoms with Crippen LogP contribution in [0.3, 0.4) is 0 Å². The molecule has 0 unspecified atom stereocenters. The zero-order valence-electron chi connectivity index (χ0n) is 15.7. The fraction of sp³-hybridized carbons (Fsp3) is 0.250. The molecule has 0 aliphatic heterocycles. The van der Waals surface area contributed by atoms with Crippen LogP contribution >= 0.6 is 31.9 Å². The molecule has 0 radical (unpaired) electrons. The second-order valence-corrected chi connectivity index (χ2v) is 8.90. The Balaban J connectivity index is 1.88. The molecule has 2 aromatic carbocycles. The third kappa shape index (κ3) is 6.17. The molecule has 148 valence electrons. The van der Waals surface area contributed by atoms with Crippen molar-refractivity contribution in [2.24, 2.45) is 5.10 Å². The summed E-state index contributed by atoms with van der Waals surface area (Å²) in [5.74, 6) is -0.814. The van der Waals surface area contributed by atoms with Crippen molar-refractivity contribution in [3.63, 3.8) is 0 Å². The van der Waals surface area contributed by atoms with Crippen molar-refractivity contribution < 1.29 is 14.7 Å². The average Bonchev–Trinajstić information content (AvgIpc) is 2.63. The lowest BCUT2D eigenvalue weighted by Crippen LogP contribution is -2.34. The average molecular weight is 511 g/mol. The third-order valence-electron chi connectivity index (χ3n) is 3.87. The van der Waals surface area contributed by atoms with Gasteiger partial charge in [0.2, 0.25) is 0 Å². The van der Waals surface area contributed by atoms with Gasteiger partial charge in [0.15, 0.2) is 0 Å². The summed E-state index contributed by atoms with van der Waals surface area (Å²) in [5, 5.41) is 16.3. The lowest BCUT2D eigenvalue weighted by Gasteiger charge is -2.19. The molecule has 0 saturated heterocycles. The predicted octanol–water partition coefficient (Wildman–Crippen LogP) is 4.09. The molecule has 0 bridgehead atoms. The molecule has 0 aromatic heterocycles. The van der Waals surface area contributed by atoms with Crippen LogP contribution in [0.5, 0.6) is 5.75 Å². The molecule has 0 saturated carbocycles. The van der Waals surface area contributed by atoms with Gasteiger partial charge in [-0.25, -0.2) is 5.43 Å². The first-order valence-corrected chi connectivity index (χ1v) is 10.0. The van der Waals surface area contributed by atoms with Gasteiger partial charge in [0.05, 0.1) is 17.2 Å². The van der Waals surface area contributed by atoms with E-state index in [9.17, 15) is 14.7 Å². The number of carbonyl (C=O) groups excluding carboxylic acids is 2. The first kappa shape index (κ1) is 22.1. The van der Waals surface area contributed by atoms with Crippen LogP contribution in [0.25, 0.3) is 0 Å². The number of aromatic hydroxyl groups is 1. The second-order valence-electron chi connectivity index (χ2n) is 7.13. The summed E-state index contributed by atoms with van der Waals surface area (Å²) >= 11 is 6.53. The molecular weight excluding hydrogens is 490 g/mol. The molecule has 0 fully saturated rings.